The Morgan fingerprint density at radius 2 is 1.74 bits per heavy atom. The van der Waals surface area contributed by atoms with Crippen LogP contribution in [0.2, 0.25) is 0 Å². The first kappa shape index (κ1) is 23.4. The molecule has 2 atom stereocenters. The van der Waals surface area contributed by atoms with Gasteiger partial charge in [0.15, 0.2) is 0 Å². The minimum Gasteiger partial charge on any atom is -0.377 e. The van der Waals surface area contributed by atoms with Crippen LogP contribution in [0.15, 0.2) is 25.3 Å². The first-order valence-electron chi connectivity index (χ1n) is 8.73. The maximum Gasteiger partial charge on any atom is 0.0777 e. The van der Waals surface area contributed by atoms with Gasteiger partial charge in [0.1, 0.15) is 0 Å². The standard InChI is InChI=1S/C19H34Br2O2/c1-5-8-9-10-11-18(23-15-7-3)17(16-22-14-6-2)12-13-19(4,20)21/h6-7,17-18H,2-3,5,8-16H2,1,4H3. The lowest BCUT2D eigenvalue weighted by Gasteiger charge is -2.29. The molecule has 0 aromatic rings. The zero-order valence-corrected chi connectivity index (χ0v) is 18.0. The Hall–Kier alpha value is 0.360. The second kappa shape index (κ2) is 14.7. The molecule has 2 nitrogen and oxygen atoms in total. The normalized spacial score (nSPS) is 14.4. The maximum atomic E-state index is 6.08. The molecule has 0 aromatic heterocycles. The SMILES string of the molecule is C=CCOCC(CCC(C)(Br)Br)C(CCCCCC)OCC=C. The molecule has 0 N–H and O–H groups in total. The van der Waals surface area contributed by atoms with Crippen molar-refractivity contribution in [1.29, 1.82) is 0 Å². The average Bonchev–Trinajstić information content (AvgIpc) is 2.49. The number of alkyl halides is 2. The summed E-state index contributed by atoms with van der Waals surface area (Å²) >= 11 is 7.33. The summed E-state index contributed by atoms with van der Waals surface area (Å²) in [5, 5.41) is 0. The Morgan fingerprint density at radius 1 is 1.04 bits per heavy atom. The van der Waals surface area contributed by atoms with Crippen molar-refractivity contribution in [2.24, 2.45) is 5.92 Å². The van der Waals surface area contributed by atoms with E-state index in [0.717, 1.165) is 25.9 Å². The first-order valence-corrected chi connectivity index (χ1v) is 10.3. The molecular weight excluding hydrogens is 420 g/mol. The van der Waals surface area contributed by atoms with E-state index >= 15 is 0 Å². The predicted molar refractivity (Wildman–Crippen MR) is 109 cm³/mol. The second-order valence-electron chi connectivity index (χ2n) is 6.20. The third-order valence-electron chi connectivity index (χ3n) is 3.82. The smallest absolute Gasteiger partial charge is 0.0777 e. The van der Waals surface area contributed by atoms with E-state index in [4.69, 9.17) is 9.47 Å². The zero-order chi connectivity index (χ0) is 17.6. The minimum absolute atomic E-state index is 0.0259. The van der Waals surface area contributed by atoms with Gasteiger partial charge in [0.05, 0.1) is 29.2 Å². The molecule has 0 amide bonds. The Labute approximate surface area is 160 Å². The summed E-state index contributed by atoms with van der Waals surface area (Å²) in [6.45, 7) is 13.8. The van der Waals surface area contributed by atoms with Gasteiger partial charge in [0, 0.05) is 5.92 Å². The molecule has 0 saturated heterocycles. The molecule has 0 aromatic carbocycles. The van der Waals surface area contributed by atoms with Crippen LogP contribution in [0, 0.1) is 5.92 Å². The average molecular weight is 454 g/mol. The Bertz CT molecular complexity index is 300. The van der Waals surface area contributed by atoms with E-state index in [1.165, 1.54) is 25.7 Å². The second-order valence-corrected chi connectivity index (χ2v) is 10.8. The van der Waals surface area contributed by atoms with Crippen molar-refractivity contribution in [1.82, 2.24) is 0 Å². The maximum absolute atomic E-state index is 6.08. The molecule has 136 valence electrons. The van der Waals surface area contributed by atoms with Crippen molar-refractivity contribution in [3.8, 4) is 0 Å². The lowest BCUT2D eigenvalue weighted by Crippen LogP contribution is -2.29. The van der Waals surface area contributed by atoms with Crippen LogP contribution in [-0.2, 0) is 9.47 Å². The Balaban J connectivity index is 4.63. The van der Waals surface area contributed by atoms with E-state index in [9.17, 15) is 0 Å². The number of unbranched alkanes of at least 4 members (excludes halogenated alkanes) is 3. The van der Waals surface area contributed by atoms with E-state index < -0.39 is 0 Å². The third-order valence-corrected chi connectivity index (χ3v) is 4.61. The van der Waals surface area contributed by atoms with Crippen molar-refractivity contribution >= 4 is 31.9 Å². The topological polar surface area (TPSA) is 18.5 Å². The van der Waals surface area contributed by atoms with Crippen LogP contribution in [0.1, 0.15) is 58.8 Å². The highest BCUT2D eigenvalue weighted by Gasteiger charge is 2.25. The summed E-state index contributed by atoms with van der Waals surface area (Å²) in [5.41, 5.74) is 0. The number of halogens is 2. The molecule has 23 heavy (non-hydrogen) atoms. The molecule has 0 aliphatic heterocycles. The van der Waals surface area contributed by atoms with Crippen molar-refractivity contribution < 1.29 is 9.47 Å². The lowest BCUT2D eigenvalue weighted by molar-refractivity contribution is -0.0167. The van der Waals surface area contributed by atoms with Crippen LogP contribution in [0.4, 0.5) is 0 Å². The number of hydrogen-bond donors (Lipinski definition) is 0. The van der Waals surface area contributed by atoms with Gasteiger partial charge in [0.25, 0.3) is 0 Å². The highest BCUT2D eigenvalue weighted by molar-refractivity contribution is 9.25. The molecule has 4 heteroatoms. The number of ether oxygens (including phenoxy) is 2. The highest BCUT2D eigenvalue weighted by Crippen LogP contribution is 2.33. The van der Waals surface area contributed by atoms with Crippen molar-refractivity contribution in [3.63, 3.8) is 0 Å². The van der Waals surface area contributed by atoms with Gasteiger partial charge in [-0.2, -0.15) is 0 Å². The van der Waals surface area contributed by atoms with Crippen LogP contribution >= 0.6 is 31.9 Å². The van der Waals surface area contributed by atoms with Gasteiger partial charge < -0.3 is 9.47 Å². The highest BCUT2D eigenvalue weighted by atomic mass is 79.9. The van der Waals surface area contributed by atoms with E-state index in [0.29, 0.717) is 19.1 Å². The van der Waals surface area contributed by atoms with E-state index in [2.05, 4.69) is 58.9 Å². The summed E-state index contributed by atoms with van der Waals surface area (Å²) in [5.74, 6) is 0.394. The Morgan fingerprint density at radius 3 is 2.30 bits per heavy atom. The van der Waals surface area contributed by atoms with Crippen LogP contribution in [0.3, 0.4) is 0 Å². The summed E-state index contributed by atoms with van der Waals surface area (Å²) in [7, 11) is 0. The van der Waals surface area contributed by atoms with E-state index in [-0.39, 0.29) is 9.34 Å². The van der Waals surface area contributed by atoms with Crippen molar-refractivity contribution in [3.05, 3.63) is 25.3 Å². The molecular formula is C19H34Br2O2. The molecule has 0 radical (unpaired) electrons. The molecule has 0 spiro atoms. The summed E-state index contributed by atoms with van der Waals surface area (Å²) in [6.07, 6.45) is 12.1. The van der Waals surface area contributed by atoms with Gasteiger partial charge in [-0.1, -0.05) is 76.6 Å². The molecule has 0 fully saturated rings. The lowest BCUT2D eigenvalue weighted by atomic mass is 9.92. The third kappa shape index (κ3) is 14.4. The molecule has 0 heterocycles. The van der Waals surface area contributed by atoms with Gasteiger partial charge in [0.2, 0.25) is 0 Å². The van der Waals surface area contributed by atoms with Crippen molar-refractivity contribution in [2.75, 3.05) is 19.8 Å². The fourth-order valence-corrected chi connectivity index (χ4v) is 3.00. The molecule has 0 aliphatic carbocycles. The molecule has 0 aliphatic rings. The molecule has 0 saturated carbocycles. The zero-order valence-electron chi connectivity index (χ0n) is 14.9. The van der Waals surface area contributed by atoms with Gasteiger partial charge >= 0.3 is 0 Å². The monoisotopic (exact) mass is 452 g/mol. The Kier molecular flexibility index (Phi) is 14.9. The largest absolute Gasteiger partial charge is 0.377 e. The van der Waals surface area contributed by atoms with Crippen LogP contribution < -0.4 is 0 Å². The fraction of sp³-hybridized carbons (Fsp3) is 0.789. The fourth-order valence-electron chi connectivity index (χ4n) is 2.54. The van der Waals surface area contributed by atoms with Crippen LogP contribution in [0.25, 0.3) is 0 Å². The minimum atomic E-state index is -0.0259. The van der Waals surface area contributed by atoms with Gasteiger partial charge in [-0.25, -0.2) is 0 Å². The molecule has 0 bridgehead atoms. The van der Waals surface area contributed by atoms with E-state index in [1.807, 2.05) is 6.08 Å². The number of rotatable bonds is 16. The molecule has 2 unspecified atom stereocenters. The van der Waals surface area contributed by atoms with Gasteiger partial charge in [-0.15, -0.1) is 13.2 Å². The van der Waals surface area contributed by atoms with Crippen molar-refractivity contribution in [2.45, 2.75) is 68.1 Å². The van der Waals surface area contributed by atoms with Crippen LogP contribution in [-0.4, -0.2) is 29.2 Å². The summed E-state index contributed by atoms with van der Waals surface area (Å²) in [4.78, 5) is 0. The van der Waals surface area contributed by atoms with Gasteiger partial charge in [-0.3, -0.25) is 0 Å². The predicted octanol–water partition coefficient (Wildman–Crippen LogP) is 6.63. The number of hydrogen-bond acceptors (Lipinski definition) is 2. The van der Waals surface area contributed by atoms with Gasteiger partial charge in [-0.05, 0) is 26.2 Å². The first-order chi connectivity index (χ1) is 10.9. The summed E-state index contributed by atoms with van der Waals surface area (Å²) in [6, 6.07) is 0. The quantitative estimate of drug-likeness (QED) is 0.148. The summed E-state index contributed by atoms with van der Waals surface area (Å²) < 4.78 is 11.8. The van der Waals surface area contributed by atoms with Crippen LogP contribution in [0.5, 0.6) is 0 Å². The molecule has 0 rings (SSSR count). The van der Waals surface area contributed by atoms with E-state index in [1.54, 1.807) is 6.08 Å².